The van der Waals surface area contributed by atoms with Gasteiger partial charge in [-0.1, -0.05) is 19.9 Å². The van der Waals surface area contributed by atoms with Crippen molar-refractivity contribution >= 4 is 5.78 Å². The average molecular weight is 206 g/mol. The molecule has 0 N–H and O–H groups in total. The molecule has 0 bridgehead atoms. The van der Waals surface area contributed by atoms with Gasteiger partial charge in [0.2, 0.25) is 0 Å². The summed E-state index contributed by atoms with van der Waals surface area (Å²) in [4.78, 5) is 12.1. The lowest BCUT2D eigenvalue weighted by molar-refractivity contribution is -0.124. The molecule has 1 fully saturated rings. The molecular formula is C13H18O2. The van der Waals surface area contributed by atoms with E-state index in [1.165, 1.54) is 0 Å². The van der Waals surface area contributed by atoms with Crippen LogP contribution >= 0.6 is 0 Å². The molecule has 15 heavy (non-hydrogen) atoms. The Balaban J connectivity index is 2.35. The number of carbonyl (C=O) groups excluding carboxylic acids is 1. The van der Waals surface area contributed by atoms with Gasteiger partial charge in [-0.05, 0) is 37.8 Å². The number of carbonyl (C=O) groups is 1. The maximum Gasteiger partial charge on any atom is 0.173 e. The maximum absolute atomic E-state index is 12.1. The van der Waals surface area contributed by atoms with Crippen LogP contribution in [0.2, 0.25) is 0 Å². The zero-order valence-electron chi connectivity index (χ0n) is 9.83. The maximum atomic E-state index is 12.1. The molecule has 0 radical (unpaired) electrons. The van der Waals surface area contributed by atoms with Gasteiger partial charge in [0, 0.05) is 0 Å². The Morgan fingerprint density at radius 1 is 1.53 bits per heavy atom. The summed E-state index contributed by atoms with van der Waals surface area (Å²) in [6, 6.07) is 0. The van der Waals surface area contributed by atoms with Crippen LogP contribution in [-0.4, -0.2) is 11.4 Å². The fourth-order valence-electron chi connectivity index (χ4n) is 2.78. The lowest BCUT2D eigenvalue weighted by atomic mass is 9.65. The Hall–Kier alpha value is -1.05. The van der Waals surface area contributed by atoms with Crippen molar-refractivity contribution in [1.82, 2.24) is 0 Å². The highest BCUT2D eigenvalue weighted by atomic mass is 16.6. The molecule has 2 rings (SSSR count). The highest BCUT2D eigenvalue weighted by Crippen LogP contribution is 2.58. The molecule has 2 nitrogen and oxygen atoms in total. The third-order valence-corrected chi connectivity index (χ3v) is 3.53. The number of fused-ring (bicyclic) bond motifs is 1. The molecule has 2 atom stereocenters. The standard InChI is InChI=1S/C13H18O2/c1-5-6-9(14)11-12(2,3)8-7-10-13(11,4)15-10/h5-7,11H,8H2,1-4H3. The second-order valence-corrected chi connectivity index (χ2v) is 5.31. The van der Waals surface area contributed by atoms with Crippen LogP contribution in [-0.2, 0) is 9.53 Å². The van der Waals surface area contributed by atoms with Crippen molar-refractivity contribution < 1.29 is 9.53 Å². The first-order chi connectivity index (χ1) is 6.92. The molecule has 2 heteroatoms. The van der Waals surface area contributed by atoms with Crippen molar-refractivity contribution in [3.05, 3.63) is 24.0 Å². The van der Waals surface area contributed by atoms with Gasteiger partial charge in [-0.25, -0.2) is 0 Å². The Bertz CT molecular complexity index is 363. The minimum absolute atomic E-state index is 0.00859. The molecule has 2 unspecified atom stereocenters. The Labute approximate surface area is 91.0 Å². The number of ether oxygens (including phenoxy) is 1. The molecule has 2 aliphatic rings. The van der Waals surface area contributed by atoms with E-state index in [-0.39, 0.29) is 22.7 Å². The summed E-state index contributed by atoms with van der Waals surface area (Å²) in [6.07, 6.45) is 6.52. The molecule has 0 aromatic heterocycles. The molecule has 1 saturated heterocycles. The molecular weight excluding hydrogens is 188 g/mol. The summed E-state index contributed by atoms with van der Waals surface area (Å²) in [5.74, 6) is 1.15. The smallest absolute Gasteiger partial charge is 0.173 e. The summed E-state index contributed by atoms with van der Waals surface area (Å²) in [5.41, 5.74) is -0.330. The van der Waals surface area contributed by atoms with E-state index >= 15 is 0 Å². The SMILES string of the molecule is CC=CC(=O)C1C(C)(C)CC=C2OC21C. The van der Waals surface area contributed by atoms with E-state index in [0.29, 0.717) is 0 Å². The Morgan fingerprint density at radius 3 is 2.80 bits per heavy atom. The summed E-state index contributed by atoms with van der Waals surface area (Å²) in [6.45, 7) is 8.17. The quantitative estimate of drug-likeness (QED) is 0.513. The number of hydrogen-bond acceptors (Lipinski definition) is 2. The highest BCUT2D eigenvalue weighted by molar-refractivity contribution is 5.94. The van der Waals surface area contributed by atoms with Crippen LogP contribution in [0.4, 0.5) is 0 Å². The van der Waals surface area contributed by atoms with E-state index in [2.05, 4.69) is 19.9 Å². The minimum Gasteiger partial charge on any atom is -0.479 e. The molecule has 1 heterocycles. The van der Waals surface area contributed by atoms with E-state index in [1.54, 1.807) is 6.08 Å². The van der Waals surface area contributed by atoms with E-state index in [4.69, 9.17) is 4.74 Å². The van der Waals surface area contributed by atoms with Gasteiger partial charge < -0.3 is 4.74 Å². The number of epoxide rings is 1. The Morgan fingerprint density at radius 2 is 2.20 bits per heavy atom. The van der Waals surface area contributed by atoms with E-state index in [9.17, 15) is 4.79 Å². The van der Waals surface area contributed by atoms with Crippen LogP contribution < -0.4 is 0 Å². The van der Waals surface area contributed by atoms with Crippen LogP contribution in [0.1, 0.15) is 34.1 Å². The predicted molar refractivity (Wildman–Crippen MR) is 59.3 cm³/mol. The van der Waals surface area contributed by atoms with Gasteiger partial charge in [0.15, 0.2) is 11.4 Å². The van der Waals surface area contributed by atoms with Crippen molar-refractivity contribution in [2.45, 2.75) is 39.7 Å². The zero-order chi connectivity index (χ0) is 11.3. The number of rotatable bonds is 2. The number of ketones is 1. The molecule has 0 saturated carbocycles. The van der Waals surface area contributed by atoms with Gasteiger partial charge in [0.25, 0.3) is 0 Å². The summed E-state index contributed by atoms with van der Waals surface area (Å²) in [7, 11) is 0. The first-order valence-electron chi connectivity index (χ1n) is 5.48. The molecule has 1 aliphatic carbocycles. The minimum atomic E-state index is -0.321. The van der Waals surface area contributed by atoms with Crippen LogP contribution in [0.5, 0.6) is 0 Å². The van der Waals surface area contributed by atoms with Crippen molar-refractivity contribution in [3.8, 4) is 0 Å². The van der Waals surface area contributed by atoms with Gasteiger partial charge in [-0.15, -0.1) is 0 Å². The first-order valence-corrected chi connectivity index (χ1v) is 5.48. The van der Waals surface area contributed by atoms with Crippen molar-refractivity contribution in [1.29, 1.82) is 0 Å². The molecule has 82 valence electrons. The monoisotopic (exact) mass is 206 g/mol. The highest BCUT2D eigenvalue weighted by Gasteiger charge is 2.63. The fraction of sp³-hybridized carbons (Fsp3) is 0.615. The van der Waals surface area contributed by atoms with Gasteiger partial charge >= 0.3 is 0 Å². The molecule has 0 amide bonds. The summed E-state index contributed by atoms with van der Waals surface area (Å²) >= 11 is 0. The van der Waals surface area contributed by atoms with Crippen molar-refractivity contribution in [3.63, 3.8) is 0 Å². The van der Waals surface area contributed by atoms with Crippen LogP contribution in [0.15, 0.2) is 24.0 Å². The number of allylic oxidation sites excluding steroid dienone is 3. The third kappa shape index (κ3) is 1.43. The van der Waals surface area contributed by atoms with Gasteiger partial charge in [0.05, 0.1) is 5.92 Å². The second kappa shape index (κ2) is 2.97. The van der Waals surface area contributed by atoms with E-state index < -0.39 is 0 Å². The topological polar surface area (TPSA) is 29.6 Å². The third-order valence-electron chi connectivity index (χ3n) is 3.53. The Kier molecular flexibility index (Phi) is 2.07. The van der Waals surface area contributed by atoms with Crippen molar-refractivity contribution in [2.75, 3.05) is 0 Å². The van der Waals surface area contributed by atoms with Gasteiger partial charge in [0.1, 0.15) is 5.76 Å². The lowest BCUT2D eigenvalue weighted by Gasteiger charge is -2.35. The second-order valence-electron chi connectivity index (χ2n) is 5.31. The number of hydrogen-bond donors (Lipinski definition) is 0. The zero-order valence-corrected chi connectivity index (χ0v) is 9.83. The summed E-state index contributed by atoms with van der Waals surface area (Å²) in [5, 5.41) is 0. The molecule has 1 aliphatic heterocycles. The van der Waals surface area contributed by atoms with E-state index in [0.717, 1.165) is 12.2 Å². The normalized spacial score (nSPS) is 36.8. The largest absolute Gasteiger partial charge is 0.479 e. The van der Waals surface area contributed by atoms with Gasteiger partial charge in [-0.3, -0.25) is 4.79 Å². The lowest BCUT2D eigenvalue weighted by Crippen LogP contribution is -2.41. The van der Waals surface area contributed by atoms with Crippen molar-refractivity contribution in [2.24, 2.45) is 11.3 Å². The first kappa shape index (κ1) is 10.5. The predicted octanol–water partition coefficient (Wildman–Crippen LogP) is 2.85. The van der Waals surface area contributed by atoms with Crippen LogP contribution in [0.25, 0.3) is 0 Å². The molecule has 0 aromatic carbocycles. The van der Waals surface area contributed by atoms with Crippen LogP contribution in [0.3, 0.4) is 0 Å². The van der Waals surface area contributed by atoms with Gasteiger partial charge in [-0.2, -0.15) is 0 Å². The van der Waals surface area contributed by atoms with E-state index in [1.807, 2.05) is 19.9 Å². The summed E-state index contributed by atoms with van der Waals surface area (Å²) < 4.78 is 5.59. The van der Waals surface area contributed by atoms with Crippen LogP contribution in [0, 0.1) is 11.3 Å². The average Bonchev–Trinajstić information content (AvgIpc) is 2.74. The fourth-order valence-corrected chi connectivity index (χ4v) is 2.78. The molecule has 0 aromatic rings. The molecule has 0 spiro atoms.